The number of benzene rings is 1. The highest BCUT2D eigenvalue weighted by atomic mass is 32.2. The maximum absolute atomic E-state index is 13.1. The van der Waals surface area contributed by atoms with E-state index < -0.39 is 0 Å². The van der Waals surface area contributed by atoms with Gasteiger partial charge in [-0.1, -0.05) is 30.0 Å². The van der Waals surface area contributed by atoms with Crippen LogP contribution in [0.25, 0.3) is 10.2 Å². The summed E-state index contributed by atoms with van der Waals surface area (Å²) >= 11 is 3.05. The molecule has 6 heteroatoms. The Morgan fingerprint density at radius 1 is 1.36 bits per heavy atom. The maximum Gasteiger partial charge on any atom is 0.263 e. The van der Waals surface area contributed by atoms with Crippen LogP contribution in [0.5, 0.6) is 0 Å². The van der Waals surface area contributed by atoms with Crippen molar-refractivity contribution in [1.29, 1.82) is 0 Å². The van der Waals surface area contributed by atoms with Crippen molar-refractivity contribution in [3.8, 4) is 0 Å². The first kappa shape index (κ1) is 17.9. The van der Waals surface area contributed by atoms with E-state index in [1.807, 2.05) is 20.8 Å². The van der Waals surface area contributed by atoms with Crippen LogP contribution in [0.4, 0.5) is 4.39 Å². The summed E-state index contributed by atoms with van der Waals surface area (Å²) < 4.78 is 14.8. The maximum atomic E-state index is 13.1. The predicted octanol–water partition coefficient (Wildman–Crippen LogP) is 5.25. The van der Waals surface area contributed by atoms with Crippen molar-refractivity contribution < 1.29 is 4.39 Å². The molecule has 0 saturated heterocycles. The molecule has 1 atom stereocenters. The number of halogens is 1. The fourth-order valence-electron chi connectivity index (χ4n) is 2.65. The van der Waals surface area contributed by atoms with Crippen LogP contribution in [0.2, 0.25) is 0 Å². The zero-order chi connectivity index (χ0) is 18.1. The lowest BCUT2D eigenvalue weighted by Crippen LogP contribution is -2.22. The second-order valence-corrected chi connectivity index (χ2v) is 8.38. The number of aromatic nitrogens is 2. The van der Waals surface area contributed by atoms with Gasteiger partial charge in [0.15, 0.2) is 5.16 Å². The van der Waals surface area contributed by atoms with Crippen LogP contribution in [0.1, 0.15) is 28.2 Å². The SMILES string of the molecule is C=CCn1c(S[C@H](C)c2ccc(F)cc2)nc2sc(C)c(C)c2c1=O. The number of rotatable bonds is 5. The Labute approximate surface area is 154 Å². The van der Waals surface area contributed by atoms with Gasteiger partial charge >= 0.3 is 0 Å². The van der Waals surface area contributed by atoms with Crippen LogP contribution >= 0.6 is 23.1 Å². The fraction of sp³-hybridized carbons (Fsp3) is 0.263. The average molecular weight is 375 g/mol. The Hall–Kier alpha value is -1.92. The van der Waals surface area contributed by atoms with Gasteiger partial charge in [0.2, 0.25) is 0 Å². The van der Waals surface area contributed by atoms with E-state index in [9.17, 15) is 9.18 Å². The van der Waals surface area contributed by atoms with Gasteiger partial charge in [-0.2, -0.15) is 0 Å². The molecule has 2 aromatic heterocycles. The first-order valence-corrected chi connectivity index (χ1v) is 9.65. The van der Waals surface area contributed by atoms with E-state index in [2.05, 4.69) is 6.58 Å². The Bertz CT molecular complexity index is 989. The molecule has 0 N–H and O–H groups in total. The molecule has 0 aliphatic rings. The predicted molar refractivity (Wildman–Crippen MR) is 104 cm³/mol. The third kappa shape index (κ3) is 3.41. The van der Waals surface area contributed by atoms with E-state index in [1.54, 1.807) is 34.1 Å². The van der Waals surface area contributed by atoms with Crippen LogP contribution in [0, 0.1) is 19.7 Å². The number of hydrogen-bond acceptors (Lipinski definition) is 4. The summed E-state index contributed by atoms with van der Waals surface area (Å²) in [6, 6.07) is 6.43. The number of aryl methyl sites for hydroxylation is 2. The highest BCUT2D eigenvalue weighted by Gasteiger charge is 2.18. The molecule has 25 heavy (non-hydrogen) atoms. The summed E-state index contributed by atoms with van der Waals surface area (Å²) in [5.74, 6) is -0.256. The van der Waals surface area contributed by atoms with Gasteiger partial charge < -0.3 is 0 Å². The molecular weight excluding hydrogens is 355 g/mol. The van der Waals surface area contributed by atoms with Crippen molar-refractivity contribution in [2.24, 2.45) is 0 Å². The summed E-state index contributed by atoms with van der Waals surface area (Å²) in [6.45, 7) is 10.2. The molecule has 2 heterocycles. The van der Waals surface area contributed by atoms with Crippen LogP contribution in [-0.4, -0.2) is 9.55 Å². The van der Waals surface area contributed by atoms with Gasteiger partial charge in [-0.3, -0.25) is 9.36 Å². The number of thioether (sulfide) groups is 1. The highest BCUT2D eigenvalue weighted by molar-refractivity contribution is 7.99. The normalized spacial score (nSPS) is 12.5. The first-order chi connectivity index (χ1) is 11.9. The molecule has 3 rings (SSSR count). The van der Waals surface area contributed by atoms with E-state index in [-0.39, 0.29) is 16.6 Å². The summed E-state index contributed by atoms with van der Waals surface area (Å²) in [5, 5.41) is 1.40. The Morgan fingerprint density at radius 2 is 2.04 bits per heavy atom. The van der Waals surface area contributed by atoms with Crippen LogP contribution in [0.3, 0.4) is 0 Å². The molecule has 0 fully saturated rings. The van der Waals surface area contributed by atoms with Gasteiger partial charge in [0.1, 0.15) is 10.6 Å². The fourth-order valence-corrected chi connectivity index (χ4v) is 4.76. The standard InChI is InChI=1S/C19H19FN2OS2/c1-5-10-22-18(23)16-11(2)12(3)24-17(16)21-19(22)25-13(4)14-6-8-15(20)9-7-14/h5-9,13H,1,10H2,2-4H3/t13-/m1/s1. The van der Waals surface area contributed by atoms with Gasteiger partial charge in [0, 0.05) is 16.7 Å². The number of allylic oxidation sites excluding steroid dienone is 1. The van der Waals surface area contributed by atoms with Crippen molar-refractivity contribution in [2.75, 3.05) is 0 Å². The summed E-state index contributed by atoms with van der Waals surface area (Å²) in [6.07, 6.45) is 1.70. The minimum atomic E-state index is -0.256. The molecular formula is C19H19FN2OS2. The van der Waals surface area contributed by atoms with Crippen LogP contribution in [0.15, 0.2) is 46.9 Å². The van der Waals surface area contributed by atoms with Gasteiger partial charge in [-0.25, -0.2) is 9.37 Å². The topological polar surface area (TPSA) is 34.9 Å². The van der Waals surface area contributed by atoms with Crippen molar-refractivity contribution in [3.05, 3.63) is 69.1 Å². The number of nitrogens with zero attached hydrogens (tertiary/aromatic N) is 2. The molecule has 1 aromatic carbocycles. The van der Waals surface area contributed by atoms with E-state index in [0.717, 1.165) is 20.8 Å². The quantitative estimate of drug-likeness (QED) is 0.347. The van der Waals surface area contributed by atoms with E-state index in [1.165, 1.54) is 23.9 Å². The second kappa shape index (κ2) is 7.14. The smallest absolute Gasteiger partial charge is 0.263 e. The van der Waals surface area contributed by atoms with Crippen molar-refractivity contribution in [1.82, 2.24) is 9.55 Å². The van der Waals surface area contributed by atoms with Gasteiger partial charge in [-0.05, 0) is 44.0 Å². The highest BCUT2D eigenvalue weighted by Crippen LogP contribution is 2.35. The van der Waals surface area contributed by atoms with Crippen molar-refractivity contribution >= 4 is 33.3 Å². The molecule has 0 amide bonds. The second-order valence-electron chi connectivity index (χ2n) is 5.87. The molecule has 0 aliphatic heterocycles. The van der Waals surface area contributed by atoms with E-state index in [0.29, 0.717) is 17.1 Å². The molecule has 130 valence electrons. The third-order valence-corrected chi connectivity index (χ3v) is 6.44. The molecule has 0 spiro atoms. The molecule has 0 aliphatic carbocycles. The minimum Gasteiger partial charge on any atom is -0.283 e. The first-order valence-electron chi connectivity index (χ1n) is 7.96. The summed E-state index contributed by atoms with van der Waals surface area (Å²) in [5.41, 5.74) is 1.96. The molecule has 0 radical (unpaired) electrons. The lowest BCUT2D eigenvalue weighted by molar-refractivity contribution is 0.627. The van der Waals surface area contributed by atoms with Gasteiger partial charge in [0.25, 0.3) is 5.56 Å². The molecule has 3 nitrogen and oxygen atoms in total. The van der Waals surface area contributed by atoms with Crippen molar-refractivity contribution in [3.63, 3.8) is 0 Å². The number of thiophene rings is 1. The average Bonchev–Trinajstić information content (AvgIpc) is 2.86. The molecule has 0 unspecified atom stereocenters. The Kier molecular flexibility index (Phi) is 5.11. The summed E-state index contributed by atoms with van der Waals surface area (Å²) in [4.78, 5) is 19.6. The van der Waals surface area contributed by atoms with E-state index >= 15 is 0 Å². The summed E-state index contributed by atoms with van der Waals surface area (Å²) in [7, 11) is 0. The Balaban J connectivity index is 2.08. The molecule has 3 aromatic rings. The minimum absolute atomic E-state index is 0.0273. The van der Waals surface area contributed by atoms with Crippen LogP contribution < -0.4 is 5.56 Å². The van der Waals surface area contributed by atoms with Gasteiger partial charge in [-0.15, -0.1) is 17.9 Å². The van der Waals surface area contributed by atoms with Gasteiger partial charge in [0.05, 0.1) is 5.39 Å². The third-order valence-electron chi connectivity index (χ3n) is 4.19. The lowest BCUT2D eigenvalue weighted by atomic mass is 10.2. The monoisotopic (exact) mass is 374 g/mol. The van der Waals surface area contributed by atoms with E-state index in [4.69, 9.17) is 4.98 Å². The zero-order valence-corrected chi connectivity index (χ0v) is 16.0. The molecule has 0 bridgehead atoms. The number of hydrogen-bond donors (Lipinski definition) is 0. The lowest BCUT2D eigenvalue weighted by Gasteiger charge is -2.15. The zero-order valence-electron chi connectivity index (χ0n) is 14.4. The number of fused-ring (bicyclic) bond motifs is 1. The van der Waals surface area contributed by atoms with Crippen molar-refractivity contribution in [2.45, 2.75) is 37.7 Å². The Morgan fingerprint density at radius 3 is 2.68 bits per heavy atom. The largest absolute Gasteiger partial charge is 0.283 e. The molecule has 0 saturated carbocycles. The van der Waals surface area contributed by atoms with Crippen LogP contribution in [-0.2, 0) is 6.54 Å².